The lowest BCUT2D eigenvalue weighted by molar-refractivity contribution is 0.669. The van der Waals surface area contributed by atoms with E-state index in [-0.39, 0.29) is 0 Å². The summed E-state index contributed by atoms with van der Waals surface area (Å²) in [6.07, 6.45) is 0. The molecule has 0 fully saturated rings. The van der Waals surface area contributed by atoms with Gasteiger partial charge >= 0.3 is 0 Å². The van der Waals surface area contributed by atoms with Gasteiger partial charge in [0.05, 0.1) is 22.4 Å². The van der Waals surface area contributed by atoms with Crippen LogP contribution in [0.1, 0.15) is 0 Å². The SMILES string of the molecule is c1ccc(-c2ccccc2N(c2cccc3c2oc2ccccc23)c2cccc3oc4c5ccccc5ccc4c23)cc1. The molecule has 2 heterocycles. The summed E-state index contributed by atoms with van der Waals surface area (Å²) in [6, 6.07) is 53.0. The molecule has 3 nitrogen and oxygen atoms in total. The number of hydrogen-bond acceptors (Lipinski definition) is 3. The molecular formula is C40H25NO2. The average molecular weight is 552 g/mol. The maximum atomic E-state index is 6.63. The Morgan fingerprint density at radius 1 is 0.372 bits per heavy atom. The minimum atomic E-state index is 0.849. The second kappa shape index (κ2) is 9.37. The molecule has 0 bridgehead atoms. The molecule has 0 saturated heterocycles. The molecule has 7 aromatic carbocycles. The third-order valence-electron chi connectivity index (χ3n) is 8.46. The smallest absolute Gasteiger partial charge is 0.159 e. The second-order valence-corrected chi connectivity index (χ2v) is 10.9. The summed E-state index contributed by atoms with van der Waals surface area (Å²) in [7, 11) is 0. The van der Waals surface area contributed by atoms with Crippen molar-refractivity contribution in [1.29, 1.82) is 0 Å². The predicted octanol–water partition coefficient (Wildman–Crippen LogP) is 11.8. The van der Waals surface area contributed by atoms with E-state index in [9.17, 15) is 0 Å². The summed E-state index contributed by atoms with van der Waals surface area (Å²) in [5.74, 6) is 0. The lowest BCUT2D eigenvalue weighted by Gasteiger charge is -2.28. The molecule has 9 aromatic rings. The highest BCUT2D eigenvalue weighted by atomic mass is 16.3. The maximum Gasteiger partial charge on any atom is 0.159 e. The van der Waals surface area contributed by atoms with Gasteiger partial charge in [-0.15, -0.1) is 0 Å². The van der Waals surface area contributed by atoms with Gasteiger partial charge in [-0.3, -0.25) is 0 Å². The summed E-state index contributed by atoms with van der Waals surface area (Å²) < 4.78 is 13.3. The molecule has 0 aliphatic heterocycles. The Hall–Kier alpha value is -5.80. The quantitative estimate of drug-likeness (QED) is 0.218. The van der Waals surface area contributed by atoms with Crippen LogP contribution in [0.25, 0.3) is 65.8 Å². The van der Waals surface area contributed by atoms with E-state index in [2.05, 4.69) is 144 Å². The van der Waals surface area contributed by atoms with E-state index in [1.807, 2.05) is 12.1 Å². The third kappa shape index (κ3) is 3.62. The Morgan fingerprint density at radius 2 is 1.02 bits per heavy atom. The van der Waals surface area contributed by atoms with E-state index < -0.39 is 0 Å². The molecule has 0 spiro atoms. The Bertz CT molecular complexity index is 2470. The first-order valence-corrected chi connectivity index (χ1v) is 14.5. The zero-order chi connectivity index (χ0) is 28.3. The van der Waals surface area contributed by atoms with Crippen LogP contribution in [-0.2, 0) is 0 Å². The zero-order valence-corrected chi connectivity index (χ0v) is 23.2. The van der Waals surface area contributed by atoms with Crippen LogP contribution in [0.5, 0.6) is 0 Å². The normalized spacial score (nSPS) is 11.7. The standard InChI is InChI=1S/C40H25NO2/c1-2-12-26(13-3-1)28-15-6-8-19-33(28)41(35-21-10-18-31-30-17-7-9-22-36(30)42-40(31)35)34-20-11-23-37-38(34)32-25-24-27-14-4-5-16-29(27)39(32)43-37/h1-25H. The van der Waals surface area contributed by atoms with Gasteiger partial charge in [0.1, 0.15) is 16.7 Å². The second-order valence-electron chi connectivity index (χ2n) is 10.9. The number of rotatable bonds is 4. The van der Waals surface area contributed by atoms with Crippen molar-refractivity contribution in [2.75, 3.05) is 4.90 Å². The van der Waals surface area contributed by atoms with Gasteiger partial charge in [0.25, 0.3) is 0 Å². The zero-order valence-electron chi connectivity index (χ0n) is 23.2. The van der Waals surface area contributed by atoms with E-state index >= 15 is 0 Å². The van der Waals surface area contributed by atoms with Crippen molar-refractivity contribution in [2.45, 2.75) is 0 Å². The predicted molar refractivity (Wildman–Crippen MR) is 179 cm³/mol. The van der Waals surface area contributed by atoms with Crippen LogP contribution in [0.2, 0.25) is 0 Å². The van der Waals surface area contributed by atoms with Crippen molar-refractivity contribution in [3.05, 3.63) is 152 Å². The van der Waals surface area contributed by atoms with Crippen LogP contribution in [0, 0.1) is 0 Å². The largest absolute Gasteiger partial charge is 0.455 e. The molecule has 3 heteroatoms. The fourth-order valence-electron chi connectivity index (χ4n) is 6.55. The molecule has 43 heavy (non-hydrogen) atoms. The molecule has 0 N–H and O–H groups in total. The molecular weight excluding hydrogens is 526 g/mol. The molecule has 2 aromatic heterocycles. The van der Waals surface area contributed by atoms with Crippen LogP contribution in [0.4, 0.5) is 17.1 Å². The molecule has 0 unspecified atom stereocenters. The number of anilines is 3. The van der Waals surface area contributed by atoms with Crippen molar-refractivity contribution >= 4 is 71.7 Å². The highest BCUT2D eigenvalue weighted by Gasteiger charge is 2.25. The van der Waals surface area contributed by atoms with Gasteiger partial charge in [0.2, 0.25) is 0 Å². The van der Waals surface area contributed by atoms with E-state index in [1.54, 1.807) is 0 Å². The Kier molecular flexibility index (Phi) is 5.20. The molecule has 0 aliphatic carbocycles. The van der Waals surface area contributed by atoms with Crippen LogP contribution in [-0.4, -0.2) is 0 Å². The Labute approximate surface area is 247 Å². The van der Waals surface area contributed by atoms with Gasteiger partial charge in [0.15, 0.2) is 5.58 Å². The third-order valence-corrected chi connectivity index (χ3v) is 8.46. The van der Waals surface area contributed by atoms with E-state index in [1.165, 1.54) is 0 Å². The highest BCUT2D eigenvalue weighted by molar-refractivity contribution is 6.21. The number of benzene rings is 7. The molecule has 0 atom stereocenters. The first-order chi connectivity index (χ1) is 21.3. The molecule has 9 rings (SSSR count). The lowest BCUT2D eigenvalue weighted by Crippen LogP contribution is -2.12. The number of nitrogens with zero attached hydrogens (tertiary/aromatic N) is 1. The first kappa shape index (κ1) is 23.9. The number of hydrogen-bond donors (Lipinski definition) is 0. The summed E-state index contributed by atoms with van der Waals surface area (Å²) >= 11 is 0. The Morgan fingerprint density at radius 3 is 1.95 bits per heavy atom. The summed E-state index contributed by atoms with van der Waals surface area (Å²) in [5, 5.41) is 6.62. The summed E-state index contributed by atoms with van der Waals surface area (Å²) in [4.78, 5) is 2.35. The number of para-hydroxylation sites is 3. The van der Waals surface area contributed by atoms with Crippen molar-refractivity contribution in [1.82, 2.24) is 0 Å². The fraction of sp³-hybridized carbons (Fsp3) is 0. The minimum Gasteiger partial charge on any atom is -0.455 e. The molecule has 0 radical (unpaired) electrons. The number of fused-ring (bicyclic) bond motifs is 8. The highest BCUT2D eigenvalue weighted by Crippen LogP contribution is 2.49. The van der Waals surface area contributed by atoms with Crippen LogP contribution in [0.3, 0.4) is 0 Å². The monoisotopic (exact) mass is 551 g/mol. The van der Waals surface area contributed by atoms with E-state index in [0.29, 0.717) is 0 Å². The summed E-state index contributed by atoms with van der Waals surface area (Å²) in [5.41, 5.74) is 8.82. The van der Waals surface area contributed by atoms with Gasteiger partial charge in [-0.25, -0.2) is 0 Å². The van der Waals surface area contributed by atoms with Gasteiger partial charge in [-0.05, 0) is 47.3 Å². The first-order valence-electron chi connectivity index (χ1n) is 14.5. The van der Waals surface area contributed by atoms with E-state index in [0.717, 1.165) is 82.8 Å². The minimum absolute atomic E-state index is 0.849. The molecule has 0 amide bonds. The van der Waals surface area contributed by atoms with Crippen LogP contribution >= 0.6 is 0 Å². The average Bonchev–Trinajstić information content (AvgIpc) is 3.65. The number of furan rings is 2. The molecule has 0 aliphatic rings. The molecule has 202 valence electrons. The van der Waals surface area contributed by atoms with Crippen molar-refractivity contribution < 1.29 is 8.83 Å². The summed E-state index contributed by atoms with van der Waals surface area (Å²) in [6.45, 7) is 0. The van der Waals surface area contributed by atoms with Crippen LogP contribution < -0.4 is 4.90 Å². The van der Waals surface area contributed by atoms with E-state index in [4.69, 9.17) is 8.83 Å². The van der Waals surface area contributed by atoms with Crippen molar-refractivity contribution in [2.24, 2.45) is 0 Å². The Balaban J connectivity index is 1.42. The van der Waals surface area contributed by atoms with Gasteiger partial charge in [-0.1, -0.05) is 115 Å². The van der Waals surface area contributed by atoms with Gasteiger partial charge in [0, 0.05) is 27.1 Å². The van der Waals surface area contributed by atoms with Gasteiger partial charge in [-0.2, -0.15) is 0 Å². The topological polar surface area (TPSA) is 29.5 Å². The van der Waals surface area contributed by atoms with Crippen molar-refractivity contribution in [3.8, 4) is 11.1 Å². The maximum absolute atomic E-state index is 6.63. The van der Waals surface area contributed by atoms with Crippen molar-refractivity contribution in [3.63, 3.8) is 0 Å². The van der Waals surface area contributed by atoms with Gasteiger partial charge < -0.3 is 13.7 Å². The lowest BCUT2D eigenvalue weighted by atomic mass is 10.00. The molecule has 0 saturated carbocycles. The fourth-order valence-corrected chi connectivity index (χ4v) is 6.55. The van der Waals surface area contributed by atoms with Crippen LogP contribution in [0.15, 0.2) is 160 Å².